The normalized spacial score (nSPS) is 6.75. The van der Waals surface area contributed by atoms with Crippen LogP contribution < -0.4 is 10.2 Å². The fourth-order valence-corrected chi connectivity index (χ4v) is 0. The molecule has 0 heterocycles. The number of hydrogen-bond donors (Lipinski definition) is 1. The summed E-state index contributed by atoms with van der Waals surface area (Å²) in [6.07, 6.45) is 0. The molecule has 0 aliphatic rings. The third kappa shape index (κ3) is 1410. The van der Waals surface area contributed by atoms with Gasteiger partial charge in [0.15, 0.2) is 0 Å². The molecular formula is C4H7O4-3. The molecule has 0 bridgehead atoms. The van der Waals surface area contributed by atoms with Crippen LogP contribution >= 0.6 is 0 Å². The van der Waals surface area contributed by atoms with Crippen LogP contribution in [0.4, 0.5) is 0 Å². The first-order valence-electron chi connectivity index (χ1n) is 1.66. The fourth-order valence-electron chi connectivity index (χ4n) is 0. The second-order valence-electron chi connectivity index (χ2n) is 0.705. The Labute approximate surface area is 47.6 Å². The Balaban J connectivity index is 0. The van der Waals surface area contributed by atoms with E-state index in [0.29, 0.717) is 0 Å². The van der Waals surface area contributed by atoms with Gasteiger partial charge in [-0.05, 0) is 0 Å². The van der Waals surface area contributed by atoms with Gasteiger partial charge in [-0.1, -0.05) is 0 Å². The number of hydrogen-bond acceptors (Lipinski definition) is 4. The molecule has 0 fully saturated rings. The molecule has 0 rings (SSSR count). The molecule has 0 aromatic heterocycles. The van der Waals surface area contributed by atoms with Crippen molar-refractivity contribution in [2.24, 2.45) is 0 Å². The molecule has 0 aromatic rings. The summed E-state index contributed by atoms with van der Waals surface area (Å²) in [4.78, 5) is 0. The molecule has 0 spiro atoms. The van der Waals surface area contributed by atoms with E-state index < -0.39 is 5.95 Å². The molecule has 8 heavy (non-hydrogen) atoms. The number of aliphatic hydroxyl groups excluding tert-OH is 1. The smallest absolute Gasteiger partial charge is 0.113 e. The van der Waals surface area contributed by atoms with Crippen LogP contribution in [-0.2, 0) is 4.74 Å². The van der Waals surface area contributed by atoms with Crippen molar-refractivity contribution < 1.29 is 20.1 Å². The lowest BCUT2D eigenvalue weighted by molar-refractivity contribution is -0.512. The highest BCUT2D eigenvalue weighted by atomic mass is 16.6. The van der Waals surface area contributed by atoms with Gasteiger partial charge in [-0.15, -0.1) is 6.58 Å². The molecule has 0 saturated heterocycles. The molecular weight excluding hydrogens is 112 g/mol. The zero-order valence-corrected chi connectivity index (χ0v) is 4.29. The lowest BCUT2D eigenvalue weighted by Gasteiger charge is -2.10. The minimum absolute atomic E-state index is 0.292. The van der Waals surface area contributed by atoms with E-state index in [9.17, 15) is 0 Å². The molecule has 0 radical (unpaired) electrons. The molecule has 0 aliphatic heterocycles. The van der Waals surface area contributed by atoms with Crippen molar-refractivity contribution in [3.05, 3.63) is 19.6 Å². The molecule has 50 valence electrons. The molecule has 0 amide bonds. The monoisotopic (exact) mass is 119 g/mol. The van der Waals surface area contributed by atoms with Gasteiger partial charge < -0.3 is 20.1 Å². The average Bonchev–Trinajstić information content (AvgIpc) is 1.65. The zero-order chi connectivity index (χ0) is 6.99. The number of ether oxygens (including phenoxy) is 1. The SMILES string of the molecule is C=C([O-])[O-].[CH2-]OCO. The highest BCUT2D eigenvalue weighted by Crippen LogP contribution is 1.51. The summed E-state index contributed by atoms with van der Waals surface area (Å²) in [5.41, 5.74) is 0. The summed E-state index contributed by atoms with van der Waals surface area (Å²) in [6.45, 7) is 2.15. The quantitative estimate of drug-likeness (QED) is 0.244. The summed E-state index contributed by atoms with van der Waals surface area (Å²) in [5, 5.41) is 25.1. The van der Waals surface area contributed by atoms with Crippen LogP contribution in [0.2, 0.25) is 0 Å². The van der Waals surface area contributed by atoms with Gasteiger partial charge in [-0.2, -0.15) is 0 Å². The van der Waals surface area contributed by atoms with E-state index in [0.717, 1.165) is 0 Å². The van der Waals surface area contributed by atoms with Crippen LogP contribution in [0.15, 0.2) is 12.5 Å². The molecule has 4 heteroatoms. The largest absolute Gasteiger partial charge is 0.884 e. The van der Waals surface area contributed by atoms with Crippen LogP contribution in [0.5, 0.6) is 0 Å². The summed E-state index contributed by atoms with van der Waals surface area (Å²) in [6, 6.07) is 0. The zero-order valence-electron chi connectivity index (χ0n) is 4.29. The number of rotatable bonds is 1. The summed E-state index contributed by atoms with van der Waals surface area (Å²) in [5.74, 6) is -1.33. The Morgan fingerprint density at radius 3 is 1.88 bits per heavy atom. The highest BCUT2D eigenvalue weighted by molar-refractivity contribution is 4.48. The minimum Gasteiger partial charge on any atom is -0.884 e. The Bertz CT molecular complexity index is 46.0. The standard InChI is InChI=1S/C2H5O2.C2H4O2/c1-4-2-3;1-2(3)4/h3H,1-2H2;3-4H,1H2/q-1;/p-2. The van der Waals surface area contributed by atoms with Gasteiger partial charge in [0, 0.05) is 0 Å². The van der Waals surface area contributed by atoms with Crippen molar-refractivity contribution >= 4 is 0 Å². The van der Waals surface area contributed by atoms with Crippen molar-refractivity contribution in [1.29, 1.82) is 0 Å². The van der Waals surface area contributed by atoms with E-state index in [1.165, 1.54) is 0 Å². The molecule has 1 N–H and O–H groups in total. The Hall–Kier alpha value is -0.740. The minimum atomic E-state index is -1.33. The van der Waals surface area contributed by atoms with E-state index in [1.54, 1.807) is 0 Å². The van der Waals surface area contributed by atoms with Gasteiger partial charge in [0.1, 0.15) is 6.79 Å². The maximum absolute atomic E-state index is 8.78. The maximum Gasteiger partial charge on any atom is 0.113 e. The van der Waals surface area contributed by atoms with Gasteiger partial charge in [-0.3, -0.25) is 0 Å². The van der Waals surface area contributed by atoms with Crippen molar-refractivity contribution in [2.75, 3.05) is 6.79 Å². The molecule has 4 nitrogen and oxygen atoms in total. The van der Waals surface area contributed by atoms with Gasteiger partial charge in [-0.25, -0.2) is 13.1 Å². The molecule has 0 unspecified atom stereocenters. The van der Waals surface area contributed by atoms with Crippen LogP contribution in [0.1, 0.15) is 0 Å². The van der Waals surface area contributed by atoms with Gasteiger partial charge in [0.2, 0.25) is 0 Å². The predicted molar refractivity (Wildman–Crippen MR) is 22.7 cm³/mol. The Kier molecular flexibility index (Phi) is 12.3. The van der Waals surface area contributed by atoms with Crippen LogP contribution in [-0.4, -0.2) is 11.9 Å². The van der Waals surface area contributed by atoms with Crippen molar-refractivity contribution in [3.8, 4) is 0 Å². The predicted octanol–water partition coefficient (Wildman–Crippen LogP) is -2.08. The third-order valence-electron chi connectivity index (χ3n) is 0.0913. The van der Waals surface area contributed by atoms with Crippen molar-refractivity contribution in [1.82, 2.24) is 0 Å². The summed E-state index contributed by atoms with van der Waals surface area (Å²) in [7, 11) is 2.85. The topological polar surface area (TPSA) is 75.6 Å². The second kappa shape index (κ2) is 9.54. The third-order valence-corrected chi connectivity index (χ3v) is 0.0913. The van der Waals surface area contributed by atoms with E-state index in [2.05, 4.69) is 18.4 Å². The first-order valence-corrected chi connectivity index (χ1v) is 1.66. The Morgan fingerprint density at radius 1 is 1.75 bits per heavy atom. The molecule has 0 atom stereocenters. The van der Waals surface area contributed by atoms with E-state index in [1.807, 2.05) is 0 Å². The first kappa shape index (κ1) is 10.3. The van der Waals surface area contributed by atoms with Gasteiger partial charge in [0.05, 0.1) is 0 Å². The summed E-state index contributed by atoms with van der Waals surface area (Å²) >= 11 is 0. The van der Waals surface area contributed by atoms with Crippen molar-refractivity contribution in [3.63, 3.8) is 0 Å². The fraction of sp³-hybridized carbons (Fsp3) is 0.250. The number of aliphatic hydroxyl groups is 1. The molecule has 0 aliphatic carbocycles. The van der Waals surface area contributed by atoms with E-state index in [-0.39, 0.29) is 6.79 Å². The van der Waals surface area contributed by atoms with Crippen LogP contribution in [0.3, 0.4) is 0 Å². The second-order valence-corrected chi connectivity index (χ2v) is 0.705. The molecule has 0 saturated carbocycles. The van der Waals surface area contributed by atoms with E-state index in [4.69, 9.17) is 15.3 Å². The lowest BCUT2D eigenvalue weighted by atomic mass is 11.1. The average molecular weight is 119 g/mol. The van der Waals surface area contributed by atoms with Crippen LogP contribution in [0, 0.1) is 7.11 Å². The van der Waals surface area contributed by atoms with Crippen LogP contribution in [0.25, 0.3) is 0 Å². The van der Waals surface area contributed by atoms with Gasteiger partial charge in [0.25, 0.3) is 0 Å². The van der Waals surface area contributed by atoms with E-state index >= 15 is 0 Å². The lowest BCUT2D eigenvalue weighted by Crippen LogP contribution is -2.15. The molecule has 0 aromatic carbocycles. The Morgan fingerprint density at radius 2 is 1.88 bits per heavy atom. The van der Waals surface area contributed by atoms with Crippen molar-refractivity contribution in [2.45, 2.75) is 0 Å². The first-order chi connectivity index (χ1) is 3.65. The highest BCUT2D eigenvalue weighted by Gasteiger charge is 1.42. The maximum atomic E-state index is 8.78. The van der Waals surface area contributed by atoms with Gasteiger partial charge >= 0.3 is 0 Å². The summed E-state index contributed by atoms with van der Waals surface area (Å²) < 4.78 is 3.85.